The van der Waals surface area contributed by atoms with Crippen LogP contribution >= 0.6 is 0 Å². The van der Waals surface area contributed by atoms with Crippen molar-refractivity contribution in [2.45, 2.75) is 58.2 Å². The highest BCUT2D eigenvalue weighted by molar-refractivity contribution is 5.96. The molecule has 1 saturated carbocycles. The minimum atomic E-state index is -4.71. The van der Waals surface area contributed by atoms with Crippen molar-refractivity contribution in [2.24, 2.45) is 0 Å². The second-order valence-corrected chi connectivity index (χ2v) is 7.51. The van der Waals surface area contributed by atoms with Gasteiger partial charge in [-0.15, -0.1) is 0 Å². The lowest BCUT2D eigenvalue weighted by Gasteiger charge is -2.26. The quantitative estimate of drug-likeness (QED) is 0.504. The molecule has 10 heteroatoms. The summed E-state index contributed by atoms with van der Waals surface area (Å²) in [5.74, 6) is -0.514. The Hall–Kier alpha value is -3.04. The SMILES string of the molecule is Cc1cc(C(=O)NNc2ccc(C(F)(F)F)cc2[N+](=O)[O-])c(C)n1C1CCCCC1. The van der Waals surface area contributed by atoms with Crippen molar-refractivity contribution in [2.75, 3.05) is 5.43 Å². The number of hydrogen-bond donors (Lipinski definition) is 2. The lowest BCUT2D eigenvalue weighted by molar-refractivity contribution is -0.384. The molecule has 0 bridgehead atoms. The molecule has 0 saturated heterocycles. The number of amides is 1. The molecule has 1 aromatic heterocycles. The number of carbonyl (C=O) groups is 1. The predicted molar refractivity (Wildman–Crippen MR) is 105 cm³/mol. The van der Waals surface area contributed by atoms with Gasteiger partial charge in [0.1, 0.15) is 5.69 Å². The number of nitro benzene ring substituents is 1. The zero-order chi connectivity index (χ0) is 22.1. The second-order valence-electron chi connectivity index (χ2n) is 7.51. The first-order valence-corrected chi connectivity index (χ1v) is 9.70. The molecule has 7 nitrogen and oxygen atoms in total. The lowest BCUT2D eigenvalue weighted by Crippen LogP contribution is -2.30. The van der Waals surface area contributed by atoms with Crippen LogP contribution in [0.5, 0.6) is 0 Å². The maximum Gasteiger partial charge on any atom is 0.416 e. The van der Waals surface area contributed by atoms with Crippen LogP contribution in [-0.2, 0) is 6.18 Å². The Balaban J connectivity index is 1.78. The van der Waals surface area contributed by atoms with Crippen molar-refractivity contribution in [3.63, 3.8) is 0 Å². The van der Waals surface area contributed by atoms with Gasteiger partial charge in [-0.25, -0.2) is 0 Å². The molecular formula is C20H23F3N4O3. The van der Waals surface area contributed by atoms with Gasteiger partial charge >= 0.3 is 6.18 Å². The molecule has 0 spiro atoms. The molecule has 162 valence electrons. The molecule has 2 N–H and O–H groups in total. The number of aryl methyl sites for hydroxylation is 1. The average molecular weight is 424 g/mol. The van der Waals surface area contributed by atoms with E-state index in [2.05, 4.69) is 15.4 Å². The molecule has 0 radical (unpaired) electrons. The van der Waals surface area contributed by atoms with E-state index in [4.69, 9.17) is 0 Å². The molecule has 3 rings (SSSR count). The number of alkyl halides is 3. The van der Waals surface area contributed by atoms with Gasteiger partial charge in [0.15, 0.2) is 0 Å². The van der Waals surface area contributed by atoms with Crippen molar-refractivity contribution < 1.29 is 22.9 Å². The van der Waals surface area contributed by atoms with Crippen LogP contribution in [0.2, 0.25) is 0 Å². The molecular weight excluding hydrogens is 401 g/mol. The topological polar surface area (TPSA) is 89.2 Å². The Morgan fingerprint density at radius 3 is 2.43 bits per heavy atom. The van der Waals surface area contributed by atoms with Crippen LogP contribution in [-0.4, -0.2) is 15.4 Å². The van der Waals surface area contributed by atoms with E-state index in [1.807, 2.05) is 13.8 Å². The molecule has 1 aliphatic rings. The fourth-order valence-electron chi connectivity index (χ4n) is 4.06. The van der Waals surface area contributed by atoms with Gasteiger partial charge in [-0.1, -0.05) is 19.3 Å². The first kappa shape index (κ1) is 21.7. The number of halogens is 3. The summed E-state index contributed by atoms with van der Waals surface area (Å²) in [5.41, 5.74) is 4.76. The summed E-state index contributed by atoms with van der Waals surface area (Å²) in [7, 11) is 0. The Morgan fingerprint density at radius 2 is 1.83 bits per heavy atom. The number of hydrogen-bond acceptors (Lipinski definition) is 4. The molecule has 1 fully saturated rings. The van der Waals surface area contributed by atoms with E-state index in [9.17, 15) is 28.1 Å². The van der Waals surface area contributed by atoms with Gasteiger partial charge in [0.2, 0.25) is 0 Å². The van der Waals surface area contributed by atoms with Crippen molar-refractivity contribution in [1.82, 2.24) is 9.99 Å². The lowest BCUT2D eigenvalue weighted by atomic mass is 9.95. The van der Waals surface area contributed by atoms with Crippen LogP contribution in [0.15, 0.2) is 24.3 Å². The standard InChI is InChI=1S/C20H23F3N4O3/c1-12-10-16(13(2)26(12)15-6-4-3-5-7-15)19(28)25-24-17-9-8-14(20(21,22)23)11-18(17)27(29)30/h8-11,15,24H,3-7H2,1-2H3,(H,25,28). The zero-order valence-corrected chi connectivity index (χ0v) is 16.7. The summed E-state index contributed by atoms with van der Waals surface area (Å²) in [6.07, 6.45) is 0.883. The molecule has 2 aromatic rings. The predicted octanol–water partition coefficient (Wildman–Crippen LogP) is 5.29. The highest BCUT2D eigenvalue weighted by atomic mass is 19.4. The molecule has 0 unspecified atom stereocenters. The summed E-state index contributed by atoms with van der Waals surface area (Å²) < 4.78 is 40.6. The summed E-state index contributed by atoms with van der Waals surface area (Å²) in [6, 6.07) is 4.17. The van der Waals surface area contributed by atoms with Crippen LogP contribution < -0.4 is 10.9 Å². The van der Waals surface area contributed by atoms with Crippen molar-refractivity contribution >= 4 is 17.3 Å². The third-order valence-electron chi connectivity index (χ3n) is 5.50. The van der Waals surface area contributed by atoms with Gasteiger partial charge in [-0.3, -0.25) is 25.8 Å². The van der Waals surface area contributed by atoms with Gasteiger partial charge < -0.3 is 4.57 Å². The van der Waals surface area contributed by atoms with Gasteiger partial charge in [-0.2, -0.15) is 13.2 Å². The minimum Gasteiger partial charge on any atom is -0.345 e. The molecule has 1 aliphatic carbocycles. The Bertz CT molecular complexity index is 963. The summed E-state index contributed by atoms with van der Waals surface area (Å²) in [6.45, 7) is 3.77. The smallest absolute Gasteiger partial charge is 0.345 e. The van der Waals surface area contributed by atoms with Crippen molar-refractivity contribution in [3.8, 4) is 0 Å². The Labute approximate surface area is 171 Å². The molecule has 0 atom stereocenters. The van der Waals surface area contributed by atoms with Gasteiger partial charge in [0.05, 0.1) is 16.1 Å². The normalized spacial score (nSPS) is 15.1. The number of benzene rings is 1. The minimum absolute atomic E-state index is 0.234. The average Bonchev–Trinajstić information content (AvgIpc) is 3.00. The van der Waals surface area contributed by atoms with E-state index < -0.39 is 28.3 Å². The Kier molecular flexibility index (Phi) is 6.04. The molecule has 1 heterocycles. The summed E-state index contributed by atoms with van der Waals surface area (Å²) in [4.78, 5) is 22.9. The van der Waals surface area contributed by atoms with Crippen molar-refractivity contribution in [3.05, 3.63) is 56.9 Å². The first-order chi connectivity index (χ1) is 14.1. The highest BCUT2D eigenvalue weighted by Crippen LogP contribution is 2.35. The first-order valence-electron chi connectivity index (χ1n) is 9.70. The van der Waals surface area contributed by atoms with Crippen LogP contribution in [0.25, 0.3) is 0 Å². The monoisotopic (exact) mass is 424 g/mol. The number of hydrazine groups is 1. The van der Waals surface area contributed by atoms with Crippen LogP contribution in [0, 0.1) is 24.0 Å². The number of nitrogens with one attached hydrogen (secondary N) is 2. The highest BCUT2D eigenvalue weighted by Gasteiger charge is 2.33. The summed E-state index contributed by atoms with van der Waals surface area (Å²) in [5, 5.41) is 11.2. The third-order valence-corrected chi connectivity index (χ3v) is 5.50. The fraction of sp³-hybridized carbons (Fsp3) is 0.450. The van der Waals surface area contributed by atoms with E-state index in [0.29, 0.717) is 17.7 Å². The van der Waals surface area contributed by atoms with Crippen LogP contribution in [0.4, 0.5) is 24.5 Å². The second kappa shape index (κ2) is 8.37. The number of aromatic nitrogens is 1. The van der Waals surface area contributed by atoms with Crippen molar-refractivity contribution in [1.29, 1.82) is 0 Å². The van der Waals surface area contributed by atoms with Gasteiger partial charge in [0, 0.05) is 23.5 Å². The van der Waals surface area contributed by atoms with Crippen LogP contribution in [0.1, 0.15) is 65.5 Å². The van der Waals surface area contributed by atoms with E-state index in [1.165, 1.54) is 6.42 Å². The van der Waals surface area contributed by atoms with E-state index in [0.717, 1.165) is 49.2 Å². The molecule has 1 aromatic carbocycles. The number of carbonyl (C=O) groups excluding carboxylic acids is 1. The van der Waals surface area contributed by atoms with Crippen LogP contribution in [0.3, 0.4) is 0 Å². The molecule has 30 heavy (non-hydrogen) atoms. The third kappa shape index (κ3) is 4.42. The van der Waals surface area contributed by atoms with E-state index >= 15 is 0 Å². The van der Waals surface area contributed by atoms with E-state index in [-0.39, 0.29) is 5.69 Å². The number of nitro groups is 1. The fourth-order valence-corrected chi connectivity index (χ4v) is 4.06. The van der Waals surface area contributed by atoms with Gasteiger partial charge in [-0.05, 0) is 44.9 Å². The number of nitrogens with zero attached hydrogens (tertiary/aromatic N) is 2. The maximum atomic E-state index is 12.8. The molecule has 0 aliphatic heterocycles. The van der Waals surface area contributed by atoms with E-state index in [1.54, 1.807) is 6.07 Å². The Morgan fingerprint density at radius 1 is 1.17 bits per heavy atom. The van der Waals surface area contributed by atoms with Gasteiger partial charge in [0.25, 0.3) is 11.6 Å². The molecule has 1 amide bonds. The zero-order valence-electron chi connectivity index (χ0n) is 16.7. The summed E-state index contributed by atoms with van der Waals surface area (Å²) >= 11 is 0. The number of anilines is 1. The maximum absolute atomic E-state index is 12.8. The largest absolute Gasteiger partial charge is 0.416 e. The number of rotatable bonds is 5.